The molecule has 4 rings (SSSR count). The predicted octanol–water partition coefficient (Wildman–Crippen LogP) is 5.86. The SMILES string of the molecule is COc1ccc(OC(F)(F)F)cc1Cc1cc(-n2cc(C(=O)N(Cc3ccccc3Cl)C(C)C)nn2)ccn1. The van der Waals surface area contributed by atoms with E-state index in [0.29, 0.717) is 34.3 Å². The smallest absolute Gasteiger partial charge is 0.496 e. The Kier molecular flexibility index (Phi) is 8.39. The van der Waals surface area contributed by atoms with E-state index in [1.807, 2.05) is 32.0 Å². The molecule has 0 saturated heterocycles. The Morgan fingerprint density at radius 2 is 1.87 bits per heavy atom. The zero-order chi connectivity index (χ0) is 28.2. The lowest BCUT2D eigenvalue weighted by atomic mass is 10.1. The molecule has 0 unspecified atom stereocenters. The third-order valence-corrected chi connectivity index (χ3v) is 6.19. The molecule has 0 aliphatic heterocycles. The Hall–Kier alpha value is -4.12. The van der Waals surface area contributed by atoms with Gasteiger partial charge in [0.05, 0.1) is 19.0 Å². The highest BCUT2D eigenvalue weighted by atomic mass is 35.5. The number of alkyl halides is 3. The molecule has 0 atom stereocenters. The van der Waals surface area contributed by atoms with E-state index in [-0.39, 0.29) is 29.8 Å². The lowest BCUT2D eigenvalue weighted by molar-refractivity contribution is -0.274. The van der Waals surface area contributed by atoms with Crippen molar-refractivity contribution >= 4 is 17.5 Å². The predicted molar refractivity (Wildman–Crippen MR) is 138 cm³/mol. The van der Waals surface area contributed by atoms with Gasteiger partial charge in [0.1, 0.15) is 11.5 Å². The van der Waals surface area contributed by atoms with Gasteiger partial charge in [-0.3, -0.25) is 9.78 Å². The van der Waals surface area contributed by atoms with E-state index >= 15 is 0 Å². The van der Waals surface area contributed by atoms with Crippen molar-refractivity contribution in [1.82, 2.24) is 24.9 Å². The van der Waals surface area contributed by atoms with Crippen LogP contribution in [0.5, 0.6) is 11.5 Å². The second-order valence-electron chi connectivity index (χ2n) is 8.87. The van der Waals surface area contributed by atoms with Crippen LogP contribution < -0.4 is 9.47 Å². The maximum atomic E-state index is 13.3. The molecule has 2 aromatic carbocycles. The number of halogens is 4. The number of benzene rings is 2. The van der Waals surface area contributed by atoms with Crippen molar-refractivity contribution in [2.75, 3.05) is 7.11 Å². The fourth-order valence-electron chi connectivity index (χ4n) is 3.92. The number of carbonyl (C=O) groups is 1. The molecule has 1 amide bonds. The highest BCUT2D eigenvalue weighted by molar-refractivity contribution is 6.31. The van der Waals surface area contributed by atoms with Gasteiger partial charge >= 0.3 is 6.36 Å². The van der Waals surface area contributed by atoms with E-state index in [1.54, 1.807) is 23.1 Å². The summed E-state index contributed by atoms with van der Waals surface area (Å²) in [5, 5.41) is 8.74. The fraction of sp³-hybridized carbons (Fsp3) is 0.259. The van der Waals surface area contributed by atoms with Crippen LogP contribution >= 0.6 is 11.6 Å². The summed E-state index contributed by atoms with van der Waals surface area (Å²) in [6, 6.07) is 14.4. The standard InChI is InChI=1S/C27H25ClF3N5O3/c1-17(2)35(15-18-6-4-5-7-23(18)28)26(37)24-16-36(34-33-24)21-10-11-32-20(14-21)12-19-13-22(39-27(29,30)31)8-9-25(19)38-3/h4-11,13-14,16-17H,12,15H2,1-3H3. The second kappa shape index (κ2) is 11.7. The number of amides is 1. The minimum atomic E-state index is -4.81. The van der Waals surface area contributed by atoms with Gasteiger partial charge in [-0.05, 0) is 55.8 Å². The lowest BCUT2D eigenvalue weighted by Gasteiger charge is -2.26. The van der Waals surface area contributed by atoms with Gasteiger partial charge in [-0.25, -0.2) is 4.68 Å². The quantitative estimate of drug-likeness (QED) is 0.255. The van der Waals surface area contributed by atoms with Crippen molar-refractivity contribution < 1.29 is 27.4 Å². The molecule has 39 heavy (non-hydrogen) atoms. The first-order valence-electron chi connectivity index (χ1n) is 11.9. The third-order valence-electron chi connectivity index (χ3n) is 5.82. The van der Waals surface area contributed by atoms with Crippen molar-refractivity contribution in [2.45, 2.75) is 39.2 Å². The summed E-state index contributed by atoms with van der Waals surface area (Å²) in [6.07, 6.45) is -1.60. The summed E-state index contributed by atoms with van der Waals surface area (Å²) in [4.78, 5) is 19.3. The first kappa shape index (κ1) is 27.9. The molecule has 0 bridgehead atoms. The molecule has 0 radical (unpaired) electrons. The lowest BCUT2D eigenvalue weighted by Crippen LogP contribution is -2.36. The number of rotatable bonds is 9. The number of nitrogens with zero attached hydrogens (tertiary/aromatic N) is 5. The Morgan fingerprint density at radius 3 is 2.56 bits per heavy atom. The molecule has 0 aliphatic rings. The minimum Gasteiger partial charge on any atom is -0.496 e. The van der Waals surface area contributed by atoms with Gasteiger partial charge < -0.3 is 14.4 Å². The summed E-state index contributed by atoms with van der Waals surface area (Å²) in [5.41, 5.74) is 2.50. The van der Waals surface area contributed by atoms with Gasteiger partial charge in [0, 0.05) is 41.5 Å². The van der Waals surface area contributed by atoms with Crippen LogP contribution in [0.15, 0.2) is 67.0 Å². The molecule has 0 fully saturated rings. The first-order chi connectivity index (χ1) is 18.5. The summed E-state index contributed by atoms with van der Waals surface area (Å²) >= 11 is 6.30. The van der Waals surface area contributed by atoms with E-state index in [1.165, 1.54) is 42.4 Å². The molecule has 0 spiro atoms. The molecule has 204 valence electrons. The molecule has 2 aromatic heterocycles. The molecule has 12 heteroatoms. The molecule has 0 N–H and O–H groups in total. The van der Waals surface area contributed by atoms with E-state index < -0.39 is 6.36 Å². The Morgan fingerprint density at radius 1 is 1.10 bits per heavy atom. The highest BCUT2D eigenvalue weighted by Gasteiger charge is 2.31. The van der Waals surface area contributed by atoms with Crippen molar-refractivity contribution in [3.05, 3.63) is 94.5 Å². The maximum Gasteiger partial charge on any atom is 0.573 e. The van der Waals surface area contributed by atoms with Gasteiger partial charge in [0.25, 0.3) is 5.91 Å². The average Bonchev–Trinajstić information content (AvgIpc) is 3.38. The van der Waals surface area contributed by atoms with Crippen LogP contribution in [0.25, 0.3) is 5.69 Å². The Labute approximate surface area is 227 Å². The topological polar surface area (TPSA) is 82.4 Å². The van der Waals surface area contributed by atoms with E-state index in [0.717, 1.165) is 5.56 Å². The van der Waals surface area contributed by atoms with Crippen LogP contribution in [0.3, 0.4) is 0 Å². The number of ether oxygens (including phenoxy) is 2. The largest absolute Gasteiger partial charge is 0.573 e. The van der Waals surface area contributed by atoms with Gasteiger partial charge in [-0.2, -0.15) is 0 Å². The zero-order valence-electron chi connectivity index (χ0n) is 21.3. The van der Waals surface area contributed by atoms with Crippen molar-refractivity contribution in [1.29, 1.82) is 0 Å². The average molecular weight is 560 g/mol. The summed E-state index contributed by atoms with van der Waals surface area (Å²) in [7, 11) is 1.42. The Bertz CT molecular complexity index is 1460. The fourth-order valence-corrected chi connectivity index (χ4v) is 4.12. The summed E-state index contributed by atoms with van der Waals surface area (Å²) in [5.74, 6) is -0.283. The van der Waals surface area contributed by atoms with Crippen molar-refractivity contribution in [3.63, 3.8) is 0 Å². The maximum absolute atomic E-state index is 13.3. The molecular formula is C27H25ClF3N5O3. The third kappa shape index (κ3) is 7.05. The van der Waals surface area contributed by atoms with Crippen LogP contribution in [0, 0.1) is 0 Å². The monoisotopic (exact) mass is 559 g/mol. The van der Waals surface area contributed by atoms with Gasteiger partial charge in [0.2, 0.25) is 0 Å². The summed E-state index contributed by atoms with van der Waals surface area (Å²) < 4.78 is 48.8. The van der Waals surface area contributed by atoms with Crippen LogP contribution in [-0.2, 0) is 13.0 Å². The van der Waals surface area contributed by atoms with E-state index in [4.69, 9.17) is 16.3 Å². The van der Waals surface area contributed by atoms with Crippen molar-refractivity contribution in [3.8, 4) is 17.2 Å². The second-order valence-corrected chi connectivity index (χ2v) is 9.28. The summed E-state index contributed by atoms with van der Waals surface area (Å²) in [6.45, 7) is 4.11. The van der Waals surface area contributed by atoms with Gasteiger partial charge in [-0.1, -0.05) is 35.0 Å². The number of carbonyl (C=O) groups excluding carboxylic acids is 1. The first-order valence-corrected chi connectivity index (χ1v) is 12.3. The van der Waals surface area contributed by atoms with E-state index in [9.17, 15) is 18.0 Å². The van der Waals surface area contributed by atoms with Crippen LogP contribution in [-0.4, -0.2) is 50.3 Å². The molecule has 4 aromatic rings. The van der Waals surface area contributed by atoms with Gasteiger partial charge in [0.15, 0.2) is 5.69 Å². The number of hydrogen-bond acceptors (Lipinski definition) is 6. The van der Waals surface area contributed by atoms with Crippen molar-refractivity contribution in [2.24, 2.45) is 0 Å². The molecule has 0 saturated carbocycles. The van der Waals surface area contributed by atoms with Crippen LogP contribution in [0.2, 0.25) is 5.02 Å². The molecule has 8 nitrogen and oxygen atoms in total. The normalized spacial score (nSPS) is 11.5. The molecule has 2 heterocycles. The molecular weight excluding hydrogens is 535 g/mol. The van der Waals surface area contributed by atoms with Crippen LogP contribution in [0.4, 0.5) is 13.2 Å². The minimum absolute atomic E-state index is 0.126. The van der Waals surface area contributed by atoms with Crippen LogP contribution in [0.1, 0.15) is 41.2 Å². The number of methoxy groups -OCH3 is 1. The Balaban J connectivity index is 1.55. The van der Waals surface area contributed by atoms with Gasteiger partial charge in [-0.15, -0.1) is 18.3 Å². The number of aromatic nitrogens is 4. The molecule has 0 aliphatic carbocycles. The highest BCUT2D eigenvalue weighted by Crippen LogP contribution is 2.30. The number of pyridine rings is 1. The zero-order valence-corrected chi connectivity index (χ0v) is 22.1. The van der Waals surface area contributed by atoms with E-state index in [2.05, 4.69) is 20.0 Å². The number of hydrogen-bond donors (Lipinski definition) is 0.